The number of carbonyl (C=O) groups excluding carboxylic acids is 1. The van der Waals surface area contributed by atoms with Crippen molar-refractivity contribution in [3.05, 3.63) is 42.6 Å². The van der Waals surface area contributed by atoms with E-state index in [0.29, 0.717) is 6.61 Å². The minimum Gasteiger partial charge on any atom is -0.465 e. The van der Waals surface area contributed by atoms with Gasteiger partial charge in [0, 0.05) is 57.3 Å². The molecule has 1 aromatic carbocycles. The fourth-order valence-corrected chi connectivity index (χ4v) is 4.96. The monoisotopic (exact) mass is 412 g/mol. The predicted octanol–water partition coefficient (Wildman–Crippen LogP) is 3.26. The minimum absolute atomic E-state index is 0.197. The van der Waals surface area contributed by atoms with Crippen molar-refractivity contribution in [2.24, 2.45) is 0 Å². The summed E-state index contributed by atoms with van der Waals surface area (Å²) >= 11 is 1.80. The van der Waals surface area contributed by atoms with Gasteiger partial charge >= 0.3 is 5.97 Å². The molecule has 1 fully saturated rings. The van der Waals surface area contributed by atoms with Gasteiger partial charge in [-0.05, 0) is 37.2 Å². The van der Waals surface area contributed by atoms with Crippen LogP contribution in [-0.2, 0) is 9.53 Å². The summed E-state index contributed by atoms with van der Waals surface area (Å²) in [5.41, 5.74) is 1.26. The lowest BCUT2D eigenvalue weighted by atomic mass is 10.2. The molecule has 29 heavy (non-hydrogen) atoms. The van der Waals surface area contributed by atoms with E-state index in [-0.39, 0.29) is 5.97 Å². The lowest BCUT2D eigenvalue weighted by molar-refractivity contribution is -0.141. The summed E-state index contributed by atoms with van der Waals surface area (Å²) in [5.74, 6) is 0.879. The average Bonchev–Trinajstić information content (AvgIpc) is 2.74. The Labute approximate surface area is 176 Å². The van der Waals surface area contributed by atoms with Crippen LogP contribution in [0, 0.1) is 0 Å². The molecule has 0 saturated carbocycles. The summed E-state index contributed by atoms with van der Waals surface area (Å²) < 4.78 is 5.05. The average molecular weight is 413 g/mol. The van der Waals surface area contributed by atoms with Crippen molar-refractivity contribution in [2.75, 3.05) is 57.3 Å². The van der Waals surface area contributed by atoms with E-state index in [9.17, 15) is 4.79 Å². The maximum absolute atomic E-state index is 10.9. The van der Waals surface area contributed by atoms with Gasteiger partial charge in [-0.15, -0.1) is 0 Å². The molecule has 0 aliphatic carbocycles. The lowest BCUT2D eigenvalue weighted by Crippen LogP contribution is -2.47. The van der Waals surface area contributed by atoms with Crippen LogP contribution < -0.4 is 4.90 Å². The van der Waals surface area contributed by atoms with Crippen molar-refractivity contribution < 1.29 is 9.53 Å². The van der Waals surface area contributed by atoms with E-state index in [1.165, 1.54) is 22.4 Å². The highest BCUT2D eigenvalue weighted by molar-refractivity contribution is 7.99. The number of esters is 1. The molecule has 0 amide bonds. The highest BCUT2D eigenvalue weighted by atomic mass is 32.2. The van der Waals surface area contributed by atoms with Gasteiger partial charge < -0.3 is 14.5 Å². The van der Waals surface area contributed by atoms with Crippen LogP contribution in [0.15, 0.2) is 52.4 Å². The van der Waals surface area contributed by atoms with E-state index in [1.807, 2.05) is 12.3 Å². The molecule has 1 saturated heterocycles. The SMILES string of the molecule is CC(=O)OCCN1CCN(CCCN2c3ccccc3Sc3cccnc32)CC1. The van der Waals surface area contributed by atoms with Gasteiger partial charge in [-0.25, -0.2) is 4.98 Å². The fourth-order valence-electron chi connectivity index (χ4n) is 3.90. The molecule has 0 radical (unpaired) electrons. The number of aromatic nitrogens is 1. The Kier molecular flexibility index (Phi) is 6.69. The zero-order chi connectivity index (χ0) is 20.1. The summed E-state index contributed by atoms with van der Waals surface area (Å²) in [4.78, 5) is 25.4. The van der Waals surface area contributed by atoms with Crippen LogP contribution in [0.3, 0.4) is 0 Å². The summed E-state index contributed by atoms with van der Waals surface area (Å²) in [6, 6.07) is 12.8. The Morgan fingerprint density at radius 3 is 2.52 bits per heavy atom. The van der Waals surface area contributed by atoms with Crippen molar-refractivity contribution in [3.63, 3.8) is 0 Å². The Morgan fingerprint density at radius 2 is 1.72 bits per heavy atom. The van der Waals surface area contributed by atoms with Gasteiger partial charge in [-0.1, -0.05) is 23.9 Å². The van der Waals surface area contributed by atoms with Crippen molar-refractivity contribution >= 4 is 29.2 Å². The molecule has 0 bridgehead atoms. The van der Waals surface area contributed by atoms with Crippen molar-refractivity contribution in [1.82, 2.24) is 14.8 Å². The zero-order valence-electron chi connectivity index (χ0n) is 16.9. The van der Waals surface area contributed by atoms with Crippen LogP contribution in [0.25, 0.3) is 0 Å². The number of nitrogens with zero attached hydrogens (tertiary/aromatic N) is 4. The van der Waals surface area contributed by atoms with E-state index < -0.39 is 0 Å². The largest absolute Gasteiger partial charge is 0.465 e. The molecule has 6 nitrogen and oxygen atoms in total. The van der Waals surface area contributed by atoms with Crippen molar-refractivity contribution in [1.29, 1.82) is 0 Å². The quantitative estimate of drug-likeness (QED) is 0.647. The molecule has 2 aromatic rings. The lowest BCUT2D eigenvalue weighted by Gasteiger charge is -2.35. The molecule has 154 valence electrons. The number of benzene rings is 1. The van der Waals surface area contributed by atoms with Gasteiger partial charge in [-0.2, -0.15) is 0 Å². The Balaban J connectivity index is 1.28. The standard InChI is InChI=1S/C22H28N4O2S/c1-18(27)28-17-16-25-14-12-24(13-15-25)10-5-11-26-19-6-2-3-7-20(19)29-21-8-4-9-23-22(21)26/h2-4,6-9H,5,10-17H2,1H3. The van der Waals surface area contributed by atoms with E-state index in [0.717, 1.165) is 58.1 Å². The maximum atomic E-state index is 10.9. The number of para-hydroxylation sites is 1. The number of ether oxygens (including phenoxy) is 1. The summed E-state index contributed by atoms with van der Waals surface area (Å²) in [6.45, 7) is 9.06. The van der Waals surface area contributed by atoms with Gasteiger partial charge in [-0.3, -0.25) is 9.69 Å². The second kappa shape index (κ2) is 9.61. The number of carbonyl (C=O) groups is 1. The smallest absolute Gasteiger partial charge is 0.302 e. The van der Waals surface area contributed by atoms with E-state index in [2.05, 4.69) is 50.0 Å². The first-order chi connectivity index (χ1) is 14.2. The molecule has 0 unspecified atom stereocenters. The Morgan fingerprint density at radius 1 is 1.00 bits per heavy atom. The van der Waals surface area contributed by atoms with Crippen molar-refractivity contribution in [2.45, 2.75) is 23.1 Å². The molecule has 0 atom stereocenters. The first-order valence-corrected chi connectivity index (χ1v) is 11.1. The molecule has 7 heteroatoms. The summed E-state index contributed by atoms with van der Waals surface area (Å²) in [7, 11) is 0. The zero-order valence-corrected chi connectivity index (χ0v) is 17.7. The first-order valence-electron chi connectivity index (χ1n) is 10.3. The molecule has 3 heterocycles. The van der Waals surface area contributed by atoms with Gasteiger partial charge in [0.1, 0.15) is 12.4 Å². The normalized spacial score (nSPS) is 16.9. The molecule has 2 aliphatic rings. The molecule has 1 aromatic heterocycles. The number of anilines is 2. The Hall–Kier alpha value is -2.09. The molecular formula is C22H28N4O2S. The number of pyridine rings is 1. The molecule has 0 N–H and O–H groups in total. The van der Waals surface area contributed by atoms with Crippen LogP contribution in [-0.4, -0.2) is 73.2 Å². The predicted molar refractivity (Wildman–Crippen MR) is 116 cm³/mol. The van der Waals surface area contributed by atoms with Gasteiger partial charge in [0.2, 0.25) is 0 Å². The fraction of sp³-hybridized carbons (Fsp3) is 0.455. The van der Waals surface area contributed by atoms with Gasteiger partial charge in [0.05, 0.1) is 10.6 Å². The third-order valence-corrected chi connectivity index (χ3v) is 6.52. The number of rotatable bonds is 7. The van der Waals surface area contributed by atoms with Gasteiger partial charge in [0.25, 0.3) is 0 Å². The van der Waals surface area contributed by atoms with Gasteiger partial charge in [0.15, 0.2) is 0 Å². The van der Waals surface area contributed by atoms with E-state index in [1.54, 1.807) is 11.8 Å². The minimum atomic E-state index is -0.197. The molecule has 2 aliphatic heterocycles. The molecule has 4 rings (SSSR count). The Bertz CT molecular complexity index is 794. The third kappa shape index (κ3) is 5.10. The molecule has 0 spiro atoms. The second-order valence-electron chi connectivity index (χ2n) is 7.42. The topological polar surface area (TPSA) is 48.9 Å². The third-order valence-electron chi connectivity index (χ3n) is 5.42. The van der Waals surface area contributed by atoms with Crippen LogP contribution in [0.2, 0.25) is 0 Å². The van der Waals surface area contributed by atoms with Crippen molar-refractivity contribution in [3.8, 4) is 0 Å². The number of fused-ring (bicyclic) bond motifs is 2. The number of hydrogen-bond donors (Lipinski definition) is 0. The maximum Gasteiger partial charge on any atom is 0.302 e. The molecular weight excluding hydrogens is 384 g/mol. The second-order valence-corrected chi connectivity index (χ2v) is 8.51. The van der Waals surface area contributed by atoms with E-state index >= 15 is 0 Å². The highest BCUT2D eigenvalue weighted by Gasteiger charge is 2.24. The van der Waals surface area contributed by atoms with E-state index in [4.69, 9.17) is 4.74 Å². The summed E-state index contributed by atoms with van der Waals surface area (Å²) in [6.07, 6.45) is 2.98. The van der Waals surface area contributed by atoms with Crippen LogP contribution >= 0.6 is 11.8 Å². The first kappa shape index (κ1) is 20.2. The number of piperazine rings is 1. The van der Waals surface area contributed by atoms with Crippen LogP contribution in [0.4, 0.5) is 11.5 Å². The summed E-state index contributed by atoms with van der Waals surface area (Å²) in [5, 5.41) is 0. The van der Waals surface area contributed by atoms with Crippen LogP contribution in [0.1, 0.15) is 13.3 Å². The van der Waals surface area contributed by atoms with Crippen LogP contribution in [0.5, 0.6) is 0 Å². The number of hydrogen-bond acceptors (Lipinski definition) is 7. The highest BCUT2D eigenvalue weighted by Crippen LogP contribution is 2.46.